The van der Waals surface area contributed by atoms with Crippen LogP contribution < -0.4 is 15.8 Å². The van der Waals surface area contributed by atoms with Crippen LogP contribution in [0.3, 0.4) is 0 Å². The summed E-state index contributed by atoms with van der Waals surface area (Å²) in [4.78, 5) is 28.6. The molecule has 0 spiro atoms. The van der Waals surface area contributed by atoms with E-state index < -0.39 is 21.8 Å². The predicted molar refractivity (Wildman–Crippen MR) is 134 cm³/mol. The standard InChI is InChI=1S/C24H26N4O4S2/c1-3-28-12-11-19-20(14-28)33-24(21(19)22(25)29)26-23(30)16-5-4-6-17(13-16)27-34(31,32)18-9-7-15(2)8-10-18/h4-10,13,27H,3,11-12,14H2,1-2H3,(H2,25,29)(H,26,30). The average Bonchev–Trinajstić information content (AvgIpc) is 3.16. The second-order valence-corrected chi connectivity index (χ2v) is 10.9. The zero-order valence-electron chi connectivity index (χ0n) is 18.9. The van der Waals surface area contributed by atoms with Crippen molar-refractivity contribution in [2.75, 3.05) is 23.1 Å². The number of thiophene rings is 1. The molecular formula is C24H26N4O4S2. The molecule has 0 radical (unpaired) electrons. The minimum Gasteiger partial charge on any atom is -0.365 e. The molecule has 0 aliphatic carbocycles. The molecule has 0 atom stereocenters. The maximum atomic E-state index is 13.0. The number of nitrogens with one attached hydrogen (secondary N) is 2. The van der Waals surface area contributed by atoms with Crippen molar-refractivity contribution < 1.29 is 18.0 Å². The molecule has 2 heterocycles. The SMILES string of the molecule is CCN1CCc2c(sc(NC(=O)c3cccc(NS(=O)(=O)c4ccc(C)cc4)c3)c2C(N)=O)C1. The van der Waals surface area contributed by atoms with E-state index in [2.05, 4.69) is 21.9 Å². The molecule has 178 valence electrons. The molecule has 0 saturated carbocycles. The topological polar surface area (TPSA) is 122 Å². The minimum absolute atomic E-state index is 0.129. The molecule has 10 heteroatoms. The molecule has 4 rings (SSSR count). The van der Waals surface area contributed by atoms with E-state index in [9.17, 15) is 18.0 Å². The van der Waals surface area contributed by atoms with Gasteiger partial charge in [0, 0.05) is 29.2 Å². The van der Waals surface area contributed by atoms with Gasteiger partial charge in [-0.05, 0) is 55.8 Å². The Balaban J connectivity index is 1.56. The number of nitrogens with two attached hydrogens (primary N) is 1. The van der Waals surface area contributed by atoms with Crippen molar-refractivity contribution in [1.82, 2.24) is 4.90 Å². The molecule has 3 aromatic rings. The van der Waals surface area contributed by atoms with Crippen LogP contribution in [0.5, 0.6) is 0 Å². The number of sulfonamides is 1. The number of benzene rings is 2. The van der Waals surface area contributed by atoms with Gasteiger partial charge in [0.1, 0.15) is 5.00 Å². The van der Waals surface area contributed by atoms with Crippen molar-refractivity contribution in [1.29, 1.82) is 0 Å². The third kappa shape index (κ3) is 4.98. The monoisotopic (exact) mass is 498 g/mol. The van der Waals surface area contributed by atoms with Gasteiger partial charge in [0.2, 0.25) is 0 Å². The van der Waals surface area contributed by atoms with Gasteiger partial charge < -0.3 is 11.1 Å². The normalized spacial score (nSPS) is 13.8. The number of hydrogen-bond donors (Lipinski definition) is 3. The average molecular weight is 499 g/mol. The Morgan fingerprint density at radius 3 is 2.56 bits per heavy atom. The van der Waals surface area contributed by atoms with Gasteiger partial charge in [-0.2, -0.15) is 0 Å². The van der Waals surface area contributed by atoms with Gasteiger partial charge >= 0.3 is 0 Å². The van der Waals surface area contributed by atoms with Crippen molar-refractivity contribution in [3.8, 4) is 0 Å². The fourth-order valence-corrected chi connectivity index (χ4v) is 6.25. The van der Waals surface area contributed by atoms with Crippen molar-refractivity contribution in [2.45, 2.75) is 31.7 Å². The summed E-state index contributed by atoms with van der Waals surface area (Å²) in [5, 5.41) is 3.23. The highest BCUT2D eigenvalue weighted by molar-refractivity contribution is 7.92. The Labute approximate surface area is 202 Å². The molecule has 2 amide bonds. The summed E-state index contributed by atoms with van der Waals surface area (Å²) in [6.45, 7) is 6.39. The van der Waals surface area contributed by atoms with Gasteiger partial charge in [0.25, 0.3) is 21.8 Å². The Bertz CT molecular complexity index is 1350. The molecule has 1 aromatic heterocycles. The lowest BCUT2D eigenvalue weighted by Crippen LogP contribution is -2.30. The maximum Gasteiger partial charge on any atom is 0.261 e. The third-order valence-corrected chi connectivity index (χ3v) is 8.29. The van der Waals surface area contributed by atoms with Gasteiger partial charge in [-0.25, -0.2) is 8.42 Å². The van der Waals surface area contributed by atoms with Crippen molar-refractivity contribution in [3.05, 3.63) is 75.7 Å². The van der Waals surface area contributed by atoms with E-state index >= 15 is 0 Å². The van der Waals surface area contributed by atoms with E-state index in [0.717, 1.165) is 29.1 Å². The number of carbonyl (C=O) groups is 2. The zero-order chi connectivity index (χ0) is 24.5. The van der Waals surface area contributed by atoms with E-state index in [1.165, 1.54) is 29.5 Å². The summed E-state index contributed by atoms with van der Waals surface area (Å²) < 4.78 is 27.9. The second-order valence-electron chi connectivity index (χ2n) is 8.14. The Kier molecular flexibility index (Phi) is 6.74. The van der Waals surface area contributed by atoms with Crippen molar-refractivity contribution in [2.24, 2.45) is 5.73 Å². The summed E-state index contributed by atoms with van der Waals surface area (Å²) >= 11 is 1.36. The molecule has 1 aliphatic heterocycles. The van der Waals surface area contributed by atoms with Crippen molar-refractivity contribution >= 4 is 43.9 Å². The number of likely N-dealkylation sites (N-methyl/N-ethyl adjacent to an activating group) is 1. The van der Waals surface area contributed by atoms with Crippen molar-refractivity contribution in [3.63, 3.8) is 0 Å². The minimum atomic E-state index is -3.80. The van der Waals surface area contributed by atoms with E-state index in [4.69, 9.17) is 5.73 Å². The smallest absolute Gasteiger partial charge is 0.261 e. The summed E-state index contributed by atoms with van der Waals surface area (Å²) in [6.07, 6.45) is 0.699. The number of fused-ring (bicyclic) bond motifs is 1. The van der Waals surface area contributed by atoms with E-state index in [1.54, 1.807) is 30.3 Å². The summed E-state index contributed by atoms with van der Waals surface area (Å²) in [5.41, 5.74) is 8.37. The van der Waals surface area contributed by atoms with Crippen LogP contribution in [0.15, 0.2) is 53.4 Å². The molecule has 0 fully saturated rings. The molecule has 1 aliphatic rings. The van der Waals surface area contributed by atoms with Gasteiger partial charge in [0.05, 0.1) is 10.5 Å². The first-order chi connectivity index (χ1) is 16.2. The first-order valence-electron chi connectivity index (χ1n) is 10.9. The van der Waals surface area contributed by atoms with Crippen LogP contribution in [-0.2, 0) is 23.0 Å². The summed E-state index contributed by atoms with van der Waals surface area (Å²) in [5.74, 6) is -1.03. The number of nitrogens with zero attached hydrogens (tertiary/aromatic N) is 1. The first-order valence-corrected chi connectivity index (χ1v) is 13.2. The molecular weight excluding hydrogens is 472 g/mol. The highest BCUT2D eigenvalue weighted by Gasteiger charge is 2.27. The van der Waals surface area contributed by atoms with Gasteiger partial charge in [-0.15, -0.1) is 11.3 Å². The van der Waals surface area contributed by atoms with Gasteiger partial charge in [-0.3, -0.25) is 19.2 Å². The Hall–Kier alpha value is -3.21. The first kappa shape index (κ1) is 23.9. The Morgan fingerprint density at radius 1 is 1.15 bits per heavy atom. The van der Waals surface area contributed by atoms with Crippen LogP contribution in [0, 0.1) is 6.92 Å². The molecule has 0 bridgehead atoms. The third-order valence-electron chi connectivity index (χ3n) is 5.76. The van der Waals surface area contributed by atoms with Crippen LogP contribution in [-0.4, -0.2) is 38.2 Å². The van der Waals surface area contributed by atoms with Gasteiger partial charge in [-0.1, -0.05) is 30.7 Å². The predicted octanol–water partition coefficient (Wildman–Crippen LogP) is 3.59. The number of rotatable bonds is 7. The van der Waals surface area contributed by atoms with Crippen LogP contribution >= 0.6 is 11.3 Å². The van der Waals surface area contributed by atoms with Crippen LogP contribution in [0.4, 0.5) is 10.7 Å². The molecule has 4 N–H and O–H groups in total. The van der Waals surface area contributed by atoms with E-state index in [1.807, 2.05) is 6.92 Å². The number of amides is 2. The molecule has 0 unspecified atom stereocenters. The fraction of sp³-hybridized carbons (Fsp3) is 0.250. The fourth-order valence-electron chi connectivity index (χ4n) is 3.91. The second kappa shape index (κ2) is 9.57. The molecule has 34 heavy (non-hydrogen) atoms. The van der Waals surface area contributed by atoms with Gasteiger partial charge in [0.15, 0.2) is 0 Å². The lowest BCUT2D eigenvalue weighted by atomic mass is 10.0. The van der Waals surface area contributed by atoms with Crippen LogP contribution in [0.2, 0.25) is 0 Å². The highest BCUT2D eigenvalue weighted by Crippen LogP contribution is 2.37. The lowest BCUT2D eigenvalue weighted by molar-refractivity contribution is 0.1000. The molecule has 8 nitrogen and oxygen atoms in total. The number of hydrogen-bond acceptors (Lipinski definition) is 6. The van der Waals surface area contributed by atoms with E-state index in [-0.39, 0.29) is 16.1 Å². The largest absolute Gasteiger partial charge is 0.365 e. The molecule has 0 saturated heterocycles. The van der Waals surface area contributed by atoms with Crippen LogP contribution in [0.1, 0.15) is 43.6 Å². The van der Waals surface area contributed by atoms with Crippen LogP contribution in [0.25, 0.3) is 0 Å². The number of aryl methyl sites for hydroxylation is 1. The molecule has 2 aromatic carbocycles. The number of primary amides is 1. The number of carbonyl (C=O) groups excluding carboxylic acids is 2. The maximum absolute atomic E-state index is 13.0. The number of anilines is 2. The summed E-state index contributed by atoms with van der Waals surface area (Å²) in [6, 6.07) is 12.7. The Morgan fingerprint density at radius 2 is 1.88 bits per heavy atom. The quantitative estimate of drug-likeness (QED) is 0.460. The highest BCUT2D eigenvalue weighted by atomic mass is 32.2. The lowest BCUT2D eigenvalue weighted by Gasteiger charge is -2.25. The summed E-state index contributed by atoms with van der Waals surface area (Å²) in [7, 11) is -3.80. The van der Waals surface area contributed by atoms with E-state index in [0.29, 0.717) is 23.5 Å². The zero-order valence-corrected chi connectivity index (χ0v) is 20.6.